The van der Waals surface area contributed by atoms with Crippen LogP contribution in [0.5, 0.6) is 0 Å². The highest BCUT2D eigenvalue weighted by Gasteiger charge is 1.97. The van der Waals surface area contributed by atoms with E-state index in [1.165, 1.54) is 12.3 Å². The van der Waals surface area contributed by atoms with Gasteiger partial charge in [-0.3, -0.25) is 4.98 Å². The van der Waals surface area contributed by atoms with Gasteiger partial charge in [0.25, 0.3) is 0 Å². The van der Waals surface area contributed by atoms with Crippen molar-refractivity contribution in [1.29, 1.82) is 0 Å². The predicted octanol–water partition coefficient (Wildman–Crippen LogP) is 2.28. The summed E-state index contributed by atoms with van der Waals surface area (Å²) in [6, 6.07) is 6.82. The number of nitrogens with zero attached hydrogens (tertiary/aromatic N) is 2. The Morgan fingerprint density at radius 1 is 0.923 bits per heavy atom. The lowest BCUT2D eigenvalue weighted by molar-refractivity contribution is 0.584. The summed E-state index contributed by atoms with van der Waals surface area (Å²) in [4.78, 5) is 7.37. The second kappa shape index (κ2) is 3.31. The van der Waals surface area contributed by atoms with Gasteiger partial charge in [-0.25, -0.2) is 4.98 Å². The van der Waals surface area contributed by atoms with Gasteiger partial charge in [-0.05, 0) is 29.3 Å². The minimum Gasteiger partial charge on any atom is -0.265 e. The fraction of sp³-hybridized carbons (Fsp3) is 0. The first-order chi connectivity index (χ1) is 6.36. The number of pyridine rings is 2. The van der Waals surface area contributed by atoms with Crippen molar-refractivity contribution in [1.82, 2.24) is 9.97 Å². The maximum atomic E-state index is 12.7. The minimum atomic E-state index is -0.464. The fourth-order valence-electron chi connectivity index (χ4n) is 1.13. The van der Waals surface area contributed by atoms with E-state index in [1.54, 1.807) is 18.5 Å². The first-order valence-corrected chi connectivity index (χ1v) is 3.88. The summed E-state index contributed by atoms with van der Waals surface area (Å²) < 4.78 is 12.7. The van der Waals surface area contributed by atoms with Crippen molar-refractivity contribution in [2.24, 2.45) is 0 Å². The normalized spacial score (nSPS) is 9.92. The summed E-state index contributed by atoms with van der Waals surface area (Å²) in [6.45, 7) is 0. The van der Waals surface area contributed by atoms with Crippen LogP contribution < -0.4 is 0 Å². The van der Waals surface area contributed by atoms with Crippen LogP contribution in [-0.4, -0.2) is 9.97 Å². The number of aromatic nitrogens is 2. The molecule has 0 amide bonds. The molecular formula is C10H7FN2. The molecule has 0 fully saturated rings. The molecule has 3 heteroatoms. The summed E-state index contributed by atoms with van der Waals surface area (Å²) in [7, 11) is 0. The molecule has 2 aromatic rings. The maximum absolute atomic E-state index is 12.7. The van der Waals surface area contributed by atoms with E-state index in [2.05, 4.69) is 9.97 Å². The van der Waals surface area contributed by atoms with E-state index in [9.17, 15) is 4.39 Å². The van der Waals surface area contributed by atoms with Crippen molar-refractivity contribution in [3.8, 4) is 11.1 Å². The van der Waals surface area contributed by atoms with E-state index < -0.39 is 5.95 Å². The Bertz CT molecular complexity index is 401. The first-order valence-electron chi connectivity index (χ1n) is 3.88. The average Bonchev–Trinajstić information content (AvgIpc) is 2.19. The van der Waals surface area contributed by atoms with E-state index >= 15 is 0 Å². The molecule has 0 aliphatic carbocycles. The molecule has 0 spiro atoms. The molecule has 0 N–H and O–H groups in total. The van der Waals surface area contributed by atoms with Gasteiger partial charge in [0.1, 0.15) is 0 Å². The Morgan fingerprint density at radius 3 is 2.31 bits per heavy atom. The summed E-state index contributed by atoms with van der Waals surface area (Å²) in [5.74, 6) is -0.464. The highest BCUT2D eigenvalue weighted by Crippen LogP contribution is 2.17. The van der Waals surface area contributed by atoms with Gasteiger partial charge in [0.2, 0.25) is 5.95 Å². The Hall–Kier alpha value is -1.77. The monoisotopic (exact) mass is 174 g/mol. The van der Waals surface area contributed by atoms with Crippen molar-refractivity contribution >= 4 is 0 Å². The average molecular weight is 174 g/mol. The molecule has 2 heterocycles. The van der Waals surface area contributed by atoms with Gasteiger partial charge in [-0.2, -0.15) is 4.39 Å². The number of rotatable bonds is 1. The third kappa shape index (κ3) is 1.69. The molecule has 0 aliphatic rings. The van der Waals surface area contributed by atoms with Gasteiger partial charge >= 0.3 is 0 Å². The molecule has 2 aromatic heterocycles. The molecule has 0 radical (unpaired) electrons. The fourth-order valence-corrected chi connectivity index (χ4v) is 1.13. The molecule has 0 aliphatic heterocycles. The van der Waals surface area contributed by atoms with Crippen molar-refractivity contribution in [2.45, 2.75) is 0 Å². The van der Waals surface area contributed by atoms with Gasteiger partial charge in [-0.1, -0.05) is 0 Å². The first kappa shape index (κ1) is 7.86. The highest BCUT2D eigenvalue weighted by atomic mass is 19.1. The van der Waals surface area contributed by atoms with Crippen LogP contribution in [0.4, 0.5) is 4.39 Å². The van der Waals surface area contributed by atoms with E-state index in [0.717, 1.165) is 11.1 Å². The van der Waals surface area contributed by atoms with E-state index in [-0.39, 0.29) is 0 Å². The van der Waals surface area contributed by atoms with E-state index in [0.29, 0.717) is 0 Å². The van der Waals surface area contributed by atoms with Crippen molar-refractivity contribution in [3.63, 3.8) is 0 Å². The van der Waals surface area contributed by atoms with Crippen molar-refractivity contribution in [2.75, 3.05) is 0 Å². The molecule has 13 heavy (non-hydrogen) atoms. The maximum Gasteiger partial charge on any atom is 0.213 e. The van der Waals surface area contributed by atoms with Gasteiger partial charge in [0.15, 0.2) is 0 Å². The van der Waals surface area contributed by atoms with Gasteiger partial charge in [0.05, 0.1) is 0 Å². The third-order valence-corrected chi connectivity index (χ3v) is 1.74. The predicted molar refractivity (Wildman–Crippen MR) is 47.4 cm³/mol. The van der Waals surface area contributed by atoms with Gasteiger partial charge in [0, 0.05) is 24.7 Å². The third-order valence-electron chi connectivity index (χ3n) is 1.74. The molecule has 2 nitrogen and oxygen atoms in total. The summed E-state index contributed by atoms with van der Waals surface area (Å²) in [5.41, 5.74) is 1.76. The van der Waals surface area contributed by atoms with Crippen molar-refractivity contribution < 1.29 is 4.39 Å². The van der Waals surface area contributed by atoms with Crippen LogP contribution in [0, 0.1) is 5.95 Å². The standard InChI is InChI=1S/C10H7FN2/c11-10-7-9(3-6-13-10)8-1-4-12-5-2-8/h1-7H. The molecule has 0 unspecified atom stereocenters. The molecule has 0 bridgehead atoms. The smallest absolute Gasteiger partial charge is 0.213 e. The Balaban J connectivity index is 2.48. The number of hydrogen-bond donors (Lipinski definition) is 0. The number of halogens is 1. The van der Waals surface area contributed by atoms with Crippen LogP contribution in [0.3, 0.4) is 0 Å². The molecule has 0 saturated heterocycles. The molecule has 0 saturated carbocycles. The molecule has 64 valence electrons. The summed E-state index contributed by atoms with van der Waals surface area (Å²) in [6.07, 6.45) is 4.80. The Kier molecular flexibility index (Phi) is 2.00. The van der Waals surface area contributed by atoms with Crippen LogP contribution in [0.1, 0.15) is 0 Å². The lowest BCUT2D eigenvalue weighted by Gasteiger charge is -1.98. The zero-order valence-corrected chi connectivity index (χ0v) is 6.81. The van der Waals surface area contributed by atoms with Crippen molar-refractivity contribution in [3.05, 3.63) is 48.8 Å². The molecule has 0 atom stereocenters. The minimum absolute atomic E-state index is 0.464. The van der Waals surface area contributed by atoms with Crippen LogP contribution in [0.2, 0.25) is 0 Å². The lowest BCUT2D eigenvalue weighted by atomic mass is 10.1. The van der Waals surface area contributed by atoms with Crippen LogP contribution in [0.15, 0.2) is 42.9 Å². The molecule has 2 rings (SSSR count). The summed E-state index contributed by atoms with van der Waals surface area (Å²) >= 11 is 0. The van der Waals surface area contributed by atoms with Gasteiger partial charge < -0.3 is 0 Å². The van der Waals surface area contributed by atoms with Gasteiger partial charge in [-0.15, -0.1) is 0 Å². The number of hydrogen-bond acceptors (Lipinski definition) is 2. The van der Waals surface area contributed by atoms with Crippen LogP contribution in [-0.2, 0) is 0 Å². The second-order valence-electron chi connectivity index (χ2n) is 2.60. The molecular weight excluding hydrogens is 167 g/mol. The summed E-state index contributed by atoms with van der Waals surface area (Å²) in [5, 5.41) is 0. The Labute approximate surface area is 75.1 Å². The van der Waals surface area contributed by atoms with Crippen LogP contribution >= 0.6 is 0 Å². The zero-order chi connectivity index (χ0) is 9.10. The zero-order valence-electron chi connectivity index (χ0n) is 6.81. The van der Waals surface area contributed by atoms with Crippen LogP contribution in [0.25, 0.3) is 11.1 Å². The SMILES string of the molecule is Fc1cc(-c2ccncc2)ccn1. The Morgan fingerprint density at radius 2 is 1.62 bits per heavy atom. The van der Waals surface area contributed by atoms with E-state index in [4.69, 9.17) is 0 Å². The quantitative estimate of drug-likeness (QED) is 0.620. The largest absolute Gasteiger partial charge is 0.265 e. The lowest BCUT2D eigenvalue weighted by Crippen LogP contribution is -1.83. The highest BCUT2D eigenvalue weighted by molar-refractivity contribution is 5.61. The topological polar surface area (TPSA) is 25.8 Å². The van der Waals surface area contributed by atoms with E-state index in [1.807, 2.05) is 12.1 Å². The second-order valence-corrected chi connectivity index (χ2v) is 2.60. The molecule has 0 aromatic carbocycles.